The lowest BCUT2D eigenvalue weighted by Crippen LogP contribution is -2.35. The third-order valence-electron chi connectivity index (χ3n) is 2.01. The molecule has 88 valence electrons. The number of carbonyl (C=O) groups excluding carboxylic acids is 1. The van der Waals surface area contributed by atoms with Gasteiger partial charge < -0.3 is 10.1 Å². The molecule has 16 heavy (non-hydrogen) atoms. The van der Waals surface area contributed by atoms with Gasteiger partial charge in [0.05, 0.1) is 18.3 Å². The molecule has 0 aliphatic heterocycles. The normalized spacial score (nSPS) is 13.9. The molecule has 4 nitrogen and oxygen atoms in total. The highest BCUT2D eigenvalue weighted by Crippen LogP contribution is 2.10. The lowest BCUT2D eigenvalue weighted by molar-refractivity contribution is -0.149. The lowest BCUT2D eigenvalue weighted by Gasteiger charge is -2.17. The Kier molecular flexibility index (Phi) is 4.69. The summed E-state index contributed by atoms with van der Waals surface area (Å²) in [6.45, 7) is 3.40. The van der Waals surface area contributed by atoms with Crippen molar-refractivity contribution in [2.24, 2.45) is 0 Å². The average Bonchev–Trinajstić information content (AvgIpc) is 2.29. The maximum absolute atomic E-state index is 13.5. The second-order valence-electron chi connectivity index (χ2n) is 3.33. The minimum atomic E-state index is -1.68. The minimum absolute atomic E-state index is 0.179. The number of esters is 1. The fourth-order valence-corrected chi connectivity index (χ4v) is 1.21. The van der Waals surface area contributed by atoms with Crippen LogP contribution >= 0.6 is 0 Å². The van der Waals surface area contributed by atoms with E-state index in [9.17, 15) is 9.18 Å². The Hall–Kier alpha value is -1.65. The predicted molar refractivity (Wildman–Crippen MR) is 58.9 cm³/mol. The number of pyridine rings is 1. The molecule has 1 aromatic rings. The van der Waals surface area contributed by atoms with Gasteiger partial charge in [-0.3, -0.25) is 4.98 Å². The molecule has 1 rings (SSSR count). The summed E-state index contributed by atoms with van der Waals surface area (Å²) in [6.07, 6.45) is 1.50. The summed E-state index contributed by atoms with van der Waals surface area (Å²) in [5.41, 5.74) is 0.668. The quantitative estimate of drug-likeness (QED) is 0.777. The summed E-state index contributed by atoms with van der Waals surface area (Å²) in [4.78, 5) is 15.0. The van der Waals surface area contributed by atoms with E-state index in [1.165, 1.54) is 0 Å². The van der Waals surface area contributed by atoms with E-state index in [0.29, 0.717) is 5.69 Å². The molecule has 0 spiro atoms. The monoisotopic (exact) mass is 226 g/mol. The number of hydrogen-bond donors (Lipinski definition) is 1. The number of nitrogens with zero attached hydrogens (tertiary/aromatic N) is 1. The molecule has 0 bridgehead atoms. The van der Waals surface area contributed by atoms with Crippen LogP contribution in [0.5, 0.6) is 0 Å². The Balaban J connectivity index is 2.52. The molecule has 0 amide bonds. The Morgan fingerprint density at radius 1 is 1.69 bits per heavy atom. The van der Waals surface area contributed by atoms with Gasteiger partial charge in [0, 0.05) is 12.4 Å². The third kappa shape index (κ3) is 3.49. The summed E-state index contributed by atoms with van der Waals surface area (Å²) in [6, 6.07) is 2.83. The second-order valence-corrected chi connectivity index (χ2v) is 3.33. The van der Waals surface area contributed by atoms with Crippen molar-refractivity contribution in [1.29, 1.82) is 0 Å². The first-order valence-electron chi connectivity index (χ1n) is 5.12. The molecule has 0 aliphatic rings. The molecular formula is C11H15FN2O2. The maximum Gasteiger partial charge on any atom is 0.342 e. The van der Waals surface area contributed by atoms with E-state index in [-0.39, 0.29) is 6.61 Å². The first-order valence-corrected chi connectivity index (χ1v) is 5.12. The molecule has 0 aromatic carbocycles. The second kappa shape index (κ2) is 6.05. The Morgan fingerprint density at radius 2 is 2.44 bits per heavy atom. The van der Waals surface area contributed by atoms with Gasteiger partial charge in [-0.25, -0.2) is 9.18 Å². The van der Waals surface area contributed by atoms with E-state index in [4.69, 9.17) is 0 Å². The van der Waals surface area contributed by atoms with Crippen molar-refractivity contribution in [2.75, 3.05) is 11.9 Å². The molecule has 0 aliphatic carbocycles. The first kappa shape index (κ1) is 12.4. The number of rotatable bonds is 5. The predicted octanol–water partition coefficient (Wildman–Crippen LogP) is 1.78. The van der Waals surface area contributed by atoms with Crippen LogP contribution in [0.15, 0.2) is 24.5 Å². The van der Waals surface area contributed by atoms with Crippen molar-refractivity contribution in [3.8, 4) is 0 Å². The Bertz CT molecular complexity index is 332. The van der Waals surface area contributed by atoms with Crippen LogP contribution in [-0.2, 0) is 9.53 Å². The minimum Gasteiger partial charge on any atom is -0.464 e. The summed E-state index contributed by atoms with van der Waals surface area (Å²) in [5, 5.41) is 2.84. The van der Waals surface area contributed by atoms with Gasteiger partial charge in [-0.05, 0) is 26.0 Å². The van der Waals surface area contributed by atoms with E-state index in [1.807, 2.05) is 0 Å². The number of hydrogen-bond acceptors (Lipinski definition) is 4. The summed E-state index contributed by atoms with van der Waals surface area (Å²) in [7, 11) is 0. The van der Waals surface area contributed by atoms with E-state index in [1.54, 1.807) is 38.4 Å². The fraction of sp³-hybridized carbons (Fsp3) is 0.455. The third-order valence-corrected chi connectivity index (χ3v) is 2.01. The van der Waals surface area contributed by atoms with Gasteiger partial charge >= 0.3 is 5.97 Å². The smallest absolute Gasteiger partial charge is 0.342 e. The zero-order valence-electron chi connectivity index (χ0n) is 9.31. The molecule has 5 heteroatoms. The van der Waals surface area contributed by atoms with Crippen LogP contribution in [0.1, 0.15) is 13.8 Å². The average molecular weight is 226 g/mol. The molecule has 1 N–H and O–H groups in total. The van der Waals surface area contributed by atoms with Crippen LogP contribution in [0.2, 0.25) is 0 Å². The van der Waals surface area contributed by atoms with Crippen molar-refractivity contribution in [1.82, 2.24) is 4.98 Å². The molecule has 0 radical (unpaired) electrons. The molecule has 2 unspecified atom stereocenters. The van der Waals surface area contributed by atoms with Crippen molar-refractivity contribution < 1.29 is 13.9 Å². The van der Waals surface area contributed by atoms with Gasteiger partial charge in [0.15, 0.2) is 0 Å². The highest BCUT2D eigenvalue weighted by molar-refractivity contribution is 5.76. The molecule has 1 heterocycles. The zero-order valence-corrected chi connectivity index (χ0v) is 9.31. The van der Waals surface area contributed by atoms with Gasteiger partial charge in [0.2, 0.25) is 6.17 Å². The standard InChI is InChI=1S/C11H15FN2O2/c1-3-16-11(15)10(12)8(2)14-9-5-4-6-13-7-9/h4-8,10,14H,3H2,1-2H3. The molecule has 2 atom stereocenters. The highest BCUT2D eigenvalue weighted by Gasteiger charge is 2.25. The van der Waals surface area contributed by atoms with Crippen LogP contribution in [0.25, 0.3) is 0 Å². The van der Waals surface area contributed by atoms with E-state index in [0.717, 1.165) is 0 Å². The van der Waals surface area contributed by atoms with E-state index in [2.05, 4.69) is 15.0 Å². The Labute approximate surface area is 93.8 Å². The van der Waals surface area contributed by atoms with Gasteiger partial charge in [-0.15, -0.1) is 0 Å². The van der Waals surface area contributed by atoms with Crippen molar-refractivity contribution in [3.63, 3.8) is 0 Å². The van der Waals surface area contributed by atoms with Crippen LogP contribution < -0.4 is 5.32 Å². The number of ether oxygens (including phenoxy) is 1. The number of alkyl halides is 1. The van der Waals surface area contributed by atoms with E-state index < -0.39 is 18.2 Å². The van der Waals surface area contributed by atoms with Gasteiger partial charge in [0.1, 0.15) is 0 Å². The summed E-state index contributed by atoms with van der Waals surface area (Å²) >= 11 is 0. The Morgan fingerprint density at radius 3 is 3.00 bits per heavy atom. The van der Waals surface area contributed by atoms with Crippen molar-refractivity contribution in [2.45, 2.75) is 26.1 Å². The lowest BCUT2D eigenvalue weighted by atomic mass is 10.2. The van der Waals surface area contributed by atoms with Crippen LogP contribution in [0.3, 0.4) is 0 Å². The molecule has 0 fully saturated rings. The van der Waals surface area contributed by atoms with Crippen LogP contribution in [0.4, 0.5) is 10.1 Å². The SMILES string of the molecule is CCOC(=O)C(F)C(C)Nc1cccnc1. The topological polar surface area (TPSA) is 51.2 Å². The number of nitrogens with one attached hydrogen (secondary N) is 1. The zero-order chi connectivity index (χ0) is 12.0. The fourth-order valence-electron chi connectivity index (χ4n) is 1.21. The highest BCUT2D eigenvalue weighted by atomic mass is 19.1. The van der Waals surface area contributed by atoms with Crippen molar-refractivity contribution in [3.05, 3.63) is 24.5 Å². The molecule has 0 saturated heterocycles. The van der Waals surface area contributed by atoms with E-state index >= 15 is 0 Å². The van der Waals surface area contributed by atoms with Gasteiger partial charge in [-0.2, -0.15) is 0 Å². The number of anilines is 1. The van der Waals surface area contributed by atoms with Gasteiger partial charge in [-0.1, -0.05) is 0 Å². The molecule has 0 saturated carbocycles. The molecule has 1 aromatic heterocycles. The van der Waals surface area contributed by atoms with Crippen LogP contribution in [0, 0.1) is 0 Å². The van der Waals surface area contributed by atoms with Gasteiger partial charge in [0.25, 0.3) is 0 Å². The number of aromatic nitrogens is 1. The summed E-state index contributed by atoms with van der Waals surface area (Å²) in [5.74, 6) is -0.841. The number of carbonyl (C=O) groups is 1. The van der Waals surface area contributed by atoms with Crippen LogP contribution in [-0.4, -0.2) is 29.8 Å². The molecular weight excluding hydrogens is 211 g/mol. The summed E-state index contributed by atoms with van der Waals surface area (Å²) < 4.78 is 18.1. The van der Waals surface area contributed by atoms with Crippen molar-refractivity contribution >= 4 is 11.7 Å². The number of halogens is 1. The first-order chi connectivity index (χ1) is 7.65. The largest absolute Gasteiger partial charge is 0.464 e. The maximum atomic E-state index is 13.5.